The fraction of sp³-hybridized carbons (Fsp3) is 0.111. The van der Waals surface area contributed by atoms with E-state index >= 15 is 0 Å². The molecule has 0 saturated heterocycles. The molecule has 24 heavy (non-hydrogen) atoms. The monoisotopic (exact) mass is 326 g/mol. The summed E-state index contributed by atoms with van der Waals surface area (Å²) in [7, 11) is 1.79. The molecule has 122 valence electrons. The SMILES string of the molecule is Cn1cc(-c2ccc(OCc3ccc(F)cc3)c(C(=O)O)c2)cn1. The zero-order valence-corrected chi connectivity index (χ0v) is 12.9. The molecular weight excluding hydrogens is 311 g/mol. The Morgan fingerprint density at radius 1 is 1.21 bits per heavy atom. The van der Waals surface area contributed by atoms with Gasteiger partial charge in [-0.3, -0.25) is 4.68 Å². The van der Waals surface area contributed by atoms with Crippen LogP contribution in [-0.2, 0) is 13.7 Å². The minimum Gasteiger partial charge on any atom is -0.488 e. The molecule has 0 aliphatic rings. The van der Waals surface area contributed by atoms with Gasteiger partial charge in [0.15, 0.2) is 0 Å². The van der Waals surface area contributed by atoms with Crippen LogP contribution in [0.5, 0.6) is 5.75 Å². The molecule has 1 heterocycles. The molecule has 0 fully saturated rings. The minimum atomic E-state index is -1.07. The van der Waals surface area contributed by atoms with Gasteiger partial charge in [0.05, 0.1) is 6.20 Å². The van der Waals surface area contributed by atoms with Gasteiger partial charge in [-0.1, -0.05) is 18.2 Å². The maximum absolute atomic E-state index is 12.9. The predicted molar refractivity (Wildman–Crippen MR) is 86.3 cm³/mol. The average molecular weight is 326 g/mol. The number of aryl methyl sites for hydroxylation is 1. The van der Waals surface area contributed by atoms with Crippen LogP contribution in [-0.4, -0.2) is 20.9 Å². The van der Waals surface area contributed by atoms with E-state index < -0.39 is 5.97 Å². The van der Waals surface area contributed by atoms with Gasteiger partial charge in [-0.25, -0.2) is 9.18 Å². The Labute approximate surface area is 137 Å². The number of hydrogen-bond donors (Lipinski definition) is 1. The molecule has 0 aliphatic carbocycles. The average Bonchev–Trinajstić information content (AvgIpc) is 3.00. The van der Waals surface area contributed by atoms with Crippen LogP contribution in [0.25, 0.3) is 11.1 Å². The van der Waals surface area contributed by atoms with E-state index in [1.807, 2.05) is 0 Å². The molecule has 1 aromatic heterocycles. The van der Waals surface area contributed by atoms with E-state index in [-0.39, 0.29) is 23.7 Å². The van der Waals surface area contributed by atoms with Crippen molar-refractivity contribution in [2.24, 2.45) is 7.05 Å². The molecule has 6 heteroatoms. The topological polar surface area (TPSA) is 64.3 Å². The van der Waals surface area contributed by atoms with Crippen molar-refractivity contribution >= 4 is 5.97 Å². The third-order valence-electron chi connectivity index (χ3n) is 3.56. The summed E-state index contributed by atoms with van der Waals surface area (Å²) >= 11 is 0. The van der Waals surface area contributed by atoms with Gasteiger partial charge in [0.2, 0.25) is 0 Å². The Morgan fingerprint density at radius 2 is 1.96 bits per heavy atom. The normalized spacial score (nSPS) is 10.6. The van der Waals surface area contributed by atoms with E-state index in [1.165, 1.54) is 12.1 Å². The fourth-order valence-corrected chi connectivity index (χ4v) is 2.31. The number of halogens is 1. The largest absolute Gasteiger partial charge is 0.488 e. The molecule has 0 spiro atoms. The van der Waals surface area contributed by atoms with Crippen LogP contribution >= 0.6 is 0 Å². The molecule has 0 aliphatic heterocycles. The van der Waals surface area contributed by atoms with Crippen molar-refractivity contribution in [1.82, 2.24) is 9.78 Å². The number of carboxylic acid groups (broad SMARTS) is 1. The smallest absolute Gasteiger partial charge is 0.339 e. The summed E-state index contributed by atoms with van der Waals surface area (Å²) in [6.07, 6.45) is 3.47. The Hall–Kier alpha value is -3.15. The summed E-state index contributed by atoms with van der Waals surface area (Å²) in [5.74, 6) is -1.14. The van der Waals surface area contributed by atoms with Crippen LogP contribution in [0.3, 0.4) is 0 Å². The highest BCUT2D eigenvalue weighted by Gasteiger charge is 2.14. The highest BCUT2D eigenvalue weighted by Crippen LogP contribution is 2.27. The van der Waals surface area contributed by atoms with Crippen LogP contribution < -0.4 is 4.74 Å². The molecule has 5 nitrogen and oxygen atoms in total. The first-order chi connectivity index (χ1) is 11.5. The van der Waals surface area contributed by atoms with Crippen LogP contribution in [0.4, 0.5) is 4.39 Å². The zero-order chi connectivity index (χ0) is 17.1. The van der Waals surface area contributed by atoms with Crippen LogP contribution in [0, 0.1) is 5.82 Å². The summed E-state index contributed by atoms with van der Waals surface area (Å²) in [5.41, 5.74) is 2.39. The Bertz CT molecular complexity index is 872. The molecule has 0 unspecified atom stereocenters. The number of ether oxygens (including phenoxy) is 1. The number of nitrogens with zero attached hydrogens (tertiary/aromatic N) is 2. The quantitative estimate of drug-likeness (QED) is 0.779. The zero-order valence-electron chi connectivity index (χ0n) is 12.9. The minimum absolute atomic E-state index is 0.0680. The summed E-state index contributed by atoms with van der Waals surface area (Å²) in [6, 6.07) is 10.8. The van der Waals surface area contributed by atoms with E-state index in [4.69, 9.17) is 4.74 Å². The molecule has 0 bridgehead atoms. The van der Waals surface area contributed by atoms with Gasteiger partial charge >= 0.3 is 5.97 Å². The van der Waals surface area contributed by atoms with Crippen LogP contribution in [0.15, 0.2) is 54.9 Å². The van der Waals surface area contributed by atoms with Crippen molar-refractivity contribution in [2.75, 3.05) is 0 Å². The van der Waals surface area contributed by atoms with Gasteiger partial charge in [-0.2, -0.15) is 5.10 Å². The Balaban J connectivity index is 1.84. The molecule has 0 amide bonds. The van der Waals surface area contributed by atoms with Crippen molar-refractivity contribution in [1.29, 1.82) is 0 Å². The third kappa shape index (κ3) is 3.43. The van der Waals surface area contributed by atoms with Crippen LogP contribution in [0.2, 0.25) is 0 Å². The predicted octanol–water partition coefficient (Wildman–Crippen LogP) is 3.50. The summed E-state index contributed by atoms with van der Waals surface area (Å²) in [4.78, 5) is 11.5. The maximum Gasteiger partial charge on any atom is 0.339 e. The lowest BCUT2D eigenvalue weighted by molar-refractivity contribution is 0.0692. The number of hydrogen-bond acceptors (Lipinski definition) is 3. The lowest BCUT2D eigenvalue weighted by Crippen LogP contribution is -2.04. The Morgan fingerprint density at radius 3 is 2.58 bits per heavy atom. The number of carbonyl (C=O) groups is 1. The number of rotatable bonds is 5. The van der Waals surface area contributed by atoms with Crippen molar-refractivity contribution in [3.8, 4) is 16.9 Å². The van der Waals surface area contributed by atoms with E-state index in [9.17, 15) is 14.3 Å². The van der Waals surface area contributed by atoms with Gasteiger partial charge in [-0.15, -0.1) is 0 Å². The molecule has 1 N–H and O–H groups in total. The van der Waals surface area contributed by atoms with Crippen molar-refractivity contribution in [2.45, 2.75) is 6.61 Å². The van der Waals surface area contributed by atoms with Crippen molar-refractivity contribution in [3.63, 3.8) is 0 Å². The van der Waals surface area contributed by atoms with Gasteiger partial charge in [0, 0.05) is 18.8 Å². The van der Waals surface area contributed by atoms with Gasteiger partial charge in [-0.05, 0) is 35.4 Å². The number of aromatic carboxylic acids is 1. The number of benzene rings is 2. The molecule has 0 radical (unpaired) electrons. The first-order valence-corrected chi connectivity index (χ1v) is 7.26. The van der Waals surface area contributed by atoms with E-state index in [2.05, 4.69) is 5.10 Å². The van der Waals surface area contributed by atoms with E-state index in [0.29, 0.717) is 0 Å². The van der Waals surface area contributed by atoms with E-state index in [0.717, 1.165) is 16.7 Å². The van der Waals surface area contributed by atoms with Crippen molar-refractivity contribution in [3.05, 3.63) is 71.8 Å². The molecule has 2 aromatic carbocycles. The molecular formula is C18H15FN2O3. The van der Waals surface area contributed by atoms with Crippen LogP contribution in [0.1, 0.15) is 15.9 Å². The third-order valence-corrected chi connectivity index (χ3v) is 3.56. The molecule has 3 rings (SSSR count). The van der Waals surface area contributed by atoms with Gasteiger partial charge in [0.1, 0.15) is 23.7 Å². The molecule has 3 aromatic rings. The second-order valence-electron chi connectivity index (χ2n) is 5.33. The first kappa shape index (κ1) is 15.7. The standard InChI is InChI=1S/C18H15FN2O3/c1-21-10-14(9-20-21)13-4-7-17(16(8-13)18(22)23)24-11-12-2-5-15(19)6-3-12/h2-10H,11H2,1H3,(H,22,23). The number of aromatic nitrogens is 2. The fourth-order valence-electron chi connectivity index (χ4n) is 2.31. The second-order valence-corrected chi connectivity index (χ2v) is 5.33. The van der Waals surface area contributed by atoms with Crippen molar-refractivity contribution < 1.29 is 19.0 Å². The highest BCUT2D eigenvalue weighted by molar-refractivity contribution is 5.92. The maximum atomic E-state index is 12.9. The van der Waals surface area contributed by atoms with E-state index in [1.54, 1.807) is 54.5 Å². The van der Waals surface area contributed by atoms with Gasteiger partial charge < -0.3 is 9.84 Å². The number of carboxylic acids is 1. The van der Waals surface area contributed by atoms with Gasteiger partial charge in [0.25, 0.3) is 0 Å². The first-order valence-electron chi connectivity index (χ1n) is 7.26. The molecule has 0 saturated carbocycles. The summed E-state index contributed by atoms with van der Waals surface area (Å²) in [6.45, 7) is 0.160. The summed E-state index contributed by atoms with van der Waals surface area (Å²) in [5, 5.41) is 13.5. The highest BCUT2D eigenvalue weighted by atomic mass is 19.1. The lowest BCUT2D eigenvalue weighted by atomic mass is 10.1. The Kier molecular flexibility index (Phi) is 4.29. The molecule has 0 atom stereocenters. The second kappa shape index (κ2) is 6.54. The lowest BCUT2D eigenvalue weighted by Gasteiger charge is -2.10. The summed E-state index contributed by atoms with van der Waals surface area (Å²) < 4.78 is 20.1.